The monoisotopic (exact) mass is 261 g/mol. The van der Waals surface area contributed by atoms with Gasteiger partial charge in [-0.2, -0.15) is 0 Å². The number of aromatic nitrogens is 5. The maximum absolute atomic E-state index is 8.74. The van der Waals surface area contributed by atoms with Crippen molar-refractivity contribution in [3.63, 3.8) is 0 Å². The molecule has 0 aromatic carbocycles. The summed E-state index contributed by atoms with van der Waals surface area (Å²) in [5.74, 6) is 1.68. The van der Waals surface area contributed by atoms with Crippen molar-refractivity contribution in [1.82, 2.24) is 24.7 Å². The van der Waals surface area contributed by atoms with E-state index in [1.54, 1.807) is 12.4 Å². The van der Waals surface area contributed by atoms with E-state index >= 15 is 0 Å². The number of unbranched alkanes of at least 4 members (excludes halogenated alkanes) is 2. The van der Waals surface area contributed by atoms with Gasteiger partial charge in [-0.15, -0.1) is 10.2 Å². The molecule has 0 aliphatic carbocycles. The topological polar surface area (TPSA) is 76.7 Å². The van der Waals surface area contributed by atoms with Crippen molar-refractivity contribution in [2.75, 3.05) is 6.61 Å². The molecule has 0 saturated carbocycles. The molecule has 6 heteroatoms. The molecule has 2 heterocycles. The van der Waals surface area contributed by atoms with Gasteiger partial charge < -0.3 is 9.67 Å². The molecule has 0 spiro atoms. The average molecular weight is 261 g/mol. The van der Waals surface area contributed by atoms with Crippen LogP contribution in [0.1, 0.15) is 30.8 Å². The van der Waals surface area contributed by atoms with Crippen LogP contribution in [0.5, 0.6) is 0 Å². The van der Waals surface area contributed by atoms with Crippen molar-refractivity contribution < 1.29 is 5.11 Å². The summed E-state index contributed by atoms with van der Waals surface area (Å²) >= 11 is 0. The summed E-state index contributed by atoms with van der Waals surface area (Å²) in [6, 6.07) is 0. The van der Waals surface area contributed by atoms with Crippen LogP contribution in [0.25, 0.3) is 11.5 Å². The second-order valence-electron chi connectivity index (χ2n) is 4.58. The zero-order valence-corrected chi connectivity index (χ0v) is 11.4. The first-order valence-electron chi connectivity index (χ1n) is 6.50. The molecule has 0 radical (unpaired) electrons. The van der Waals surface area contributed by atoms with Crippen molar-refractivity contribution in [1.29, 1.82) is 0 Å². The average Bonchev–Trinajstić information content (AvgIpc) is 2.77. The zero-order chi connectivity index (χ0) is 13.7. The van der Waals surface area contributed by atoms with Gasteiger partial charge in [0.25, 0.3) is 0 Å². The van der Waals surface area contributed by atoms with Crippen molar-refractivity contribution >= 4 is 0 Å². The van der Waals surface area contributed by atoms with Crippen LogP contribution >= 0.6 is 0 Å². The number of hydrogen-bond donors (Lipinski definition) is 1. The van der Waals surface area contributed by atoms with E-state index in [0.29, 0.717) is 0 Å². The van der Waals surface area contributed by atoms with Crippen LogP contribution in [-0.4, -0.2) is 36.4 Å². The Kier molecular flexibility index (Phi) is 4.57. The smallest absolute Gasteiger partial charge is 0.183 e. The molecule has 0 atom stereocenters. The van der Waals surface area contributed by atoms with Crippen LogP contribution in [0, 0.1) is 6.92 Å². The molecule has 102 valence electrons. The third kappa shape index (κ3) is 3.35. The number of rotatable bonds is 6. The zero-order valence-electron chi connectivity index (χ0n) is 11.4. The Morgan fingerprint density at radius 2 is 1.95 bits per heavy atom. The summed E-state index contributed by atoms with van der Waals surface area (Å²) in [5.41, 5.74) is 1.62. The molecule has 1 N–H and O–H groups in total. The Hall–Kier alpha value is -1.82. The van der Waals surface area contributed by atoms with Gasteiger partial charge in [-0.05, 0) is 19.8 Å². The molecule has 0 aliphatic rings. The molecule has 2 rings (SSSR count). The number of aliphatic hydroxyl groups excluding tert-OH is 1. The fraction of sp³-hybridized carbons (Fsp3) is 0.538. The lowest BCUT2D eigenvalue weighted by molar-refractivity contribution is 0.283. The largest absolute Gasteiger partial charge is 0.396 e. The summed E-state index contributed by atoms with van der Waals surface area (Å²) in [7, 11) is 1.94. The van der Waals surface area contributed by atoms with Crippen molar-refractivity contribution in [2.24, 2.45) is 7.05 Å². The molecule has 6 nitrogen and oxygen atoms in total. The van der Waals surface area contributed by atoms with Gasteiger partial charge in [0.1, 0.15) is 11.5 Å². The van der Waals surface area contributed by atoms with Gasteiger partial charge in [0, 0.05) is 26.3 Å². The van der Waals surface area contributed by atoms with E-state index in [4.69, 9.17) is 5.11 Å². The van der Waals surface area contributed by atoms with E-state index < -0.39 is 0 Å². The quantitative estimate of drug-likeness (QED) is 0.793. The minimum absolute atomic E-state index is 0.253. The van der Waals surface area contributed by atoms with E-state index in [1.807, 2.05) is 18.5 Å². The van der Waals surface area contributed by atoms with E-state index in [9.17, 15) is 0 Å². The standard InChI is InChI=1S/C13H19N5O/c1-10-8-15-11(9-14-10)13-17-16-12(18(13)2)6-4-3-5-7-19/h8-9,19H,3-7H2,1-2H3. The molecule has 0 aliphatic heterocycles. The SMILES string of the molecule is Cc1cnc(-c2nnc(CCCCCO)n2C)cn1. The predicted molar refractivity (Wildman–Crippen MR) is 71.4 cm³/mol. The Morgan fingerprint density at radius 1 is 1.11 bits per heavy atom. The first-order valence-corrected chi connectivity index (χ1v) is 6.50. The normalized spacial score (nSPS) is 10.9. The molecule has 19 heavy (non-hydrogen) atoms. The minimum atomic E-state index is 0.253. The summed E-state index contributed by atoms with van der Waals surface area (Å²) in [5, 5.41) is 17.1. The van der Waals surface area contributed by atoms with E-state index in [2.05, 4.69) is 20.2 Å². The molecule has 0 bridgehead atoms. The highest BCUT2D eigenvalue weighted by Gasteiger charge is 2.11. The second kappa shape index (κ2) is 6.38. The van der Waals surface area contributed by atoms with E-state index in [0.717, 1.165) is 48.7 Å². The third-order valence-electron chi connectivity index (χ3n) is 3.03. The van der Waals surface area contributed by atoms with Crippen LogP contribution in [0.2, 0.25) is 0 Å². The van der Waals surface area contributed by atoms with Gasteiger partial charge in [0.15, 0.2) is 5.82 Å². The first kappa shape index (κ1) is 13.6. The van der Waals surface area contributed by atoms with Gasteiger partial charge in [-0.25, -0.2) is 4.98 Å². The van der Waals surface area contributed by atoms with Crippen molar-refractivity contribution in [2.45, 2.75) is 32.6 Å². The van der Waals surface area contributed by atoms with Crippen LogP contribution in [0.3, 0.4) is 0 Å². The summed E-state index contributed by atoms with van der Waals surface area (Å²) < 4.78 is 1.96. The number of hydrogen-bond acceptors (Lipinski definition) is 5. The maximum Gasteiger partial charge on any atom is 0.183 e. The van der Waals surface area contributed by atoms with Crippen molar-refractivity contribution in [3.8, 4) is 11.5 Å². The van der Waals surface area contributed by atoms with Crippen LogP contribution in [0.15, 0.2) is 12.4 Å². The first-order chi connectivity index (χ1) is 9.22. The summed E-state index contributed by atoms with van der Waals surface area (Å²) in [6.45, 7) is 2.16. The highest BCUT2D eigenvalue weighted by Crippen LogP contribution is 2.14. The van der Waals surface area contributed by atoms with Gasteiger partial charge in [0.2, 0.25) is 0 Å². The lowest BCUT2D eigenvalue weighted by Crippen LogP contribution is -2.01. The molecular weight excluding hydrogens is 242 g/mol. The minimum Gasteiger partial charge on any atom is -0.396 e. The van der Waals surface area contributed by atoms with Crippen LogP contribution < -0.4 is 0 Å². The number of nitrogens with zero attached hydrogens (tertiary/aromatic N) is 5. The van der Waals surface area contributed by atoms with E-state index in [1.165, 1.54) is 0 Å². The summed E-state index contributed by atoms with van der Waals surface area (Å²) in [4.78, 5) is 8.53. The Morgan fingerprint density at radius 3 is 2.63 bits per heavy atom. The van der Waals surface area contributed by atoms with Gasteiger partial charge in [-0.1, -0.05) is 6.42 Å². The van der Waals surface area contributed by atoms with Gasteiger partial charge >= 0.3 is 0 Å². The Labute approximate surface area is 112 Å². The lowest BCUT2D eigenvalue weighted by atomic mass is 10.2. The fourth-order valence-corrected chi connectivity index (χ4v) is 1.88. The lowest BCUT2D eigenvalue weighted by Gasteiger charge is -2.03. The second-order valence-corrected chi connectivity index (χ2v) is 4.58. The fourth-order valence-electron chi connectivity index (χ4n) is 1.88. The summed E-state index contributed by atoms with van der Waals surface area (Å²) in [6.07, 6.45) is 7.16. The molecular formula is C13H19N5O. The van der Waals surface area contributed by atoms with Crippen LogP contribution in [0.4, 0.5) is 0 Å². The molecule has 0 fully saturated rings. The van der Waals surface area contributed by atoms with Crippen molar-refractivity contribution in [3.05, 3.63) is 23.9 Å². The highest BCUT2D eigenvalue weighted by atomic mass is 16.2. The van der Waals surface area contributed by atoms with Gasteiger partial charge in [-0.3, -0.25) is 4.98 Å². The molecule has 0 unspecified atom stereocenters. The number of aliphatic hydroxyl groups is 1. The third-order valence-corrected chi connectivity index (χ3v) is 3.03. The van der Waals surface area contributed by atoms with Gasteiger partial charge in [0.05, 0.1) is 11.9 Å². The van der Waals surface area contributed by atoms with Crippen LogP contribution in [-0.2, 0) is 13.5 Å². The predicted octanol–water partition coefficient (Wildman–Crippen LogP) is 1.29. The maximum atomic E-state index is 8.74. The molecule has 2 aromatic heterocycles. The molecule has 0 saturated heterocycles. The number of aryl methyl sites for hydroxylation is 2. The Bertz CT molecular complexity index is 520. The van der Waals surface area contributed by atoms with E-state index in [-0.39, 0.29) is 6.61 Å². The highest BCUT2D eigenvalue weighted by molar-refractivity contribution is 5.47. The molecule has 2 aromatic rings. The Balaban J connectivity index is 2.07. The molecule has 0 amide bonds.